The summed E-state index contributed by atoms with van der Waals surface area (Å²) in [5.41, 5.74) is 4.49. The molecule has 2 fully saturated rings. The first-order valence-electron chi connectivity index (χ1n) is 10.5. The topological polar surface area (TPSA) is 81.9 Å². The monoisotopic (exact) mass is 429 g/mol. The van der Waals surface area contributed by atoms with Gasteiger partial charge in [0.1, 0.15) is 11.6 Å². The Morgan fingerprint density at radius 1 is 1.10 bits per heavy atom. The van der Waals surface area contributed by atoms with E-state index in [0.29, 0.717) is 49.7 Å². The second-order valence-electron chi connectivity index (χ2n) is 8.49. The molecule has 1 aliphatic carbocycles. The summed E-state index contributed by atoms with van der Waals surface area (Å²) in [5, 5.41) is 4.23. The first-order chi connectivity index (χ1) is 14.9. The number of hydrogen-bond donors (Lipinski definition) is 0. The smallest absolute Gasteiger partial charge is 0.241 e. The molecule has 8 nitrogen and oxygen atoms in total. The van der Waals surface area contributed by atoms with E-state index >= 15 is 0 Å². The fourth-order valence-electron chi connectivity index (χ4n) is 4.28. The van der Waals surface area contributed by atoms with Crippen LogP contribution in [0.4, 0.5) is 14.7 Å². The van der Waals surface area contributed by atoms with Crippen LogP contribution in [0.15, 0.2) is 12.4 Å². The lowest BCUT2D eigenvalue weighted by molar-refractivity contribution is 0.0220. The molecule has 0 aromatic carbocycles. The van der Waals surface area contributed by atoms with Crippen molar-refractivity contribution in [2.24, 2.45) is 13.0 Å². The molecule has 31 heavy (non-hydrogen) atoms. The second kappa shape index (κ2) is 7.74. The first-order valence-corrected chi connectivity index (χ1v) is 10.5. The highest BCUT2D eigenvalue weighted by atomic mass is 19.3. The van der Waals surface area contributed by atoms with Gasteiger partial charge < -0.3 is 9.64 Å². The number of ether oxygens (including phenoxy) is 1. The molecule has 1 aliphatic heterocycles. The summed E-state index contributed by atoms with van der Waals surface area (Å²) < 4.78 is 33.9. The SMILES string of the molecule is Cc1nc2nc(N3CCOC(c4cnn(C)c4)C3)nc(C3CC(C(F)F)C3)c2nc1C. The van der Waals surface area contributed by atoms with Crippen molar-refractivity contribution >= 4 is 17.1 Å². The van der Waals surface area contributed by atoms with Crippen molar-refractivity contribution in [1.29, 1.82) is 0 Å². The summed E-state index contributed by atoms with van der Waals surface area (Å²) in [6, 6.07) is 0. The fraction of sp³-hybridized carbons (Fsp3) is 0.571. The molecule has 3 aromatic heterocycles. The summed E-state index contributed by atoms with van der Waals surface area (Å²) in [6.07, 6.45) is 2.15. The average Bonchev–Trinajstić information content (AvgIpc) is 3.14. The van der Waals surface area contributed by atoms with Crippen molar-refractivity contribution in [3.05, 3.63) is 35.0 Å². The zero-order chi connectivity index (χ0) is 21.7. The summed E-state index contributed by atoms with van der Waals surface area (Å²) in [7, 11) is 1.87. The van der Waals surface area contributed by atoms with Gasteiger partial charge in [-0.2, -0.15) is 10.1 Å². The number of hydrogen-bond acceptors (Lipinski definition) is 7. The van der Waals surface area contributed by atoms with Crippen molar-refractivity contribution in [3.8, 4) is 0 Å². The molecule has 4 heterocycles. The van der Waals surface area contributed by atoms with E-state index < -0.39 is 12.3 Å². The third kappa shape index (κ3) is 3.73. The Morgan fingerprint density at radius 2 is 1.87 bits per heavy atom. The number of halogens is 2. The van der Waals surface area contributed by atoms with Gasteiger partial charge in [-0.1, -0.05) is 0 Å². The van der Waals surface area contributed by atoms with Crippen molar-refractivity contribution < 1.29 is 13.5 Å². The largest absolute Gasteiger partial charge is 0.370 e. The van der Waals surface area contributed by atoms with Crippen molar-refractivity contribution in [3.63, 3.8) is 0 Å². The van der Waals surface area contributed by atoms with Crippen LogP contribution >= 0.6 is 0 Å². The number of aryl methyl sites for hydroxylation is 3. The normalized spacial score (nSPS) is 24.1. The van der Waals surface area contributed by atoms with Crippen molar-refractivity contribution in [1.82, 2.24) is 29.7 Å². The molecule has 0 bridgehead atoms. The standard InChI is InChI=1S/C21H25F2N7O/c1-11-12(2)26-20-18(25-11)17(13-6-14(7-13)19(22)23)27-21(28-20)30-4-5-31-16(10-30)15-8-24-29(3)9-15/h8-9,13-14,16,19H,4-7,10H2,1-3H3. The molecule has 5 rings (SSSR count). The zero-order valence-corrected chi connectivity index (χ0v) is 17.8. The van der Waals surface area contributed by atoms with Gasteiger partial charge >= 0.3 is 0 Å². The van der Waals surface area contributed by atoms with Crippen molar-refractivity contribution in [2.45, 2.75) is 45.1 Å². The molecule has 10 heteroatoms. The van der Waals surface area contributed by atoms with Gasteiger partial charge in [-0.05, 0) is 26.7 Å². The van der Waals surface area contributed by atoms with Crippen LogP contribution in [0.25, 0.3) is 11.2 Å². The summed E-state index contributed by atoms with van der Waals surface area (Å²) >= 11 is 0. The molecule has 2 aliphatic rings. The van der Waals surface area contributed by atoms with Gasteiger partial charge in [-0.25, -0.2) is 23.7 Å². The quantitative estimate of drug-likeness (QED) is 0.630. The van der Waals surface area contributed by atoms with Crippen LogP contribution in [-0.2, 0) is 11.8 Å². The molecule has 3 aromatic rings. The van der Waals surface area contributed by atoms with E-state index in [-0.39, 0.29) is 12.0 Å². The van der Waals surface area contributed by atoms with Crippen molar-refractivity contribution in [2.75, 3.05) is 24.6 Å². The molecule has 0 spiro atoms. The minimum atomic E-state index is -2.29. The maximum Gasteiger partial charge on any atom is 0.241 e. The van der Waals surface area contributed by atoms with Crippen LogP contribution in [0.3, 0.4) is 0 Å². The van der Waals surface area contributed by atoms with Gasteiger partial charge in [0, 0.05) is 37.2 Å². The molecule has 164 valence electrons. The van der Waals surface area contributed by atoms with Crippen LogP contribution in [0.1, 0.15) is 47.5 Å². The summed E-state index contributed by atoms with van der Waals surface area (Å²) in [4.78, 5) is 20.9. The lowest BCUT2D eigenvalue weighted by Crippen LogP contribution is -2.39. The molecule has 0 amide bonds. The maximum atomic E-state index is 13.1. The van der Waals surface area contributed by atoms with E-state index in [2.05, 4.69) is 20.0 Å². The predicted octanol–water partition coefficient (Wildman–Crippen LogP) is 3.11. The molecule has 1 atom stereocenters. The lowest BCUT2D eigenvalue weighted by Gasteiger charge is -2.36. The number of aromatic nitrogens is 6. The van der Waals surface area contributed by atoms with E-state index in [1.807, 2.05) is 27.1 Å². The van der Waals surface area contributed by atoms with Gasteiger partial charge in [0.15, 0.2) is 5.65 Å². The van der Waals surface area contributed by atoms with E-state index in [9.17, 15) is 8.78 Å². The molecule has 1 saturated heterocycles. The number of rotatable bonds is 4. The van der Waals surface area contributed by atoms with E-state index in [0.717, 1.165) is 22.6 Å². The average molecular weight is 429 g/mol. The number of alkyl halides is 2. The van der Waals surface area contributed by atoms with Crippen LogP contribution in [0.5, 0.6) is 0 Å². The molecular formula is C21H25F2N7O. The molecule has 0 N–H and O–H groups in total. The Hall–Kier alpha value is -2.75. The highest BCUT2D eigenvalue weighted by Gasteiger charge is 2.39. The third-order valence-electron chi connectivity index (χ3n) is 6.32. The minimum absolute atomic E-state index is 0.0465. The number of morpholine rings is 1. The molecular weight excluding hydrogens is 404 g/mol. The van der Waals surface area contributed by atoms with Gasteiger partial charge in [0.2, 0.25) is 12.4 Å². The number of anilines is 1. The highest BCUT2D eigenvalue weighted by molar-refractivity contribution is 5.75. The maximum absolute atomic E-state index is 13.1. The highest BCUT2D eigenvalue weighted by Crippen LogP contribution is 2.45. The Morgan fingerprint density at radius 3 is 2.58 bits per heavy atom. The summed E-state index contributed by atoms with van der Waals surface area (Å²) in [6.45, 7) is 5.55. The van der Waals surface area contributed by atoms with Crippen LogP contribution < -0.4 is 4.90 Å². The number of nitrogens with zero attached hydrogens (tertiary/aromatic N) is 7. The van der Waals surface area contributed by atoms with Gasteiger partial charge in [0.25, 0.3) is 0 Å². The van der Waals surface area contributed by atoms with E-state index in [1.54, 1.807) is 10.9 Å². The van der Waals surface area contributed by atoms with Gasteiger partial charge in [-0.3, -0.25) is 4.68 Å². The Balaban J connectivity index is 1.50. The predicted molar refractivity (Wildman–Crippen MR) is 110 cm³/mol. The Kier molecular flexibility index (Phi) is 5.04. The third-order valence-corrected chi connectivity index (χ3v) is 6.32. The van der Waals surface area contributed by atoms with E-state index in [4.69, 9.17) is 14.7 Å². The molecule has 1 unspecified atom stereocenters. The van der Waals surface area contributed by atoms with Crippen LogP contribution in [0.2, 0.25) is 0 Å². The Labute approximate surface area is 178 Å². The number of fused-ring (bicyclic) bond motifs is 1. The molecule has 1 saturated carbocycles. The first kappa shape index (κ1) is 20.2. The van der Waals surface area contributed by atoms with Gasteiger partial charge in [0.05, 0.1) is 36.4 Å². The van der Waals surface area contributed by atoms with Crippen LogP contribution in [-0.4, -0.2) is 55.8 Å². The Bertz CT molecular complexity index is 1110. The minimum Gasteiger partial charge on any atom is -0.370 e. The fourth-order valence-corrected chi connectivity index (χ4v) is 4.28. The van der Waals surface area contributed by atoms with Crippen LogP contribution in [0, 0.1) is 19.8 Å². The zero-order valence-electron chi connectivity index (χ0n) is 17.8. The lowest BCUT2D eigenvalue weighted by atomic mass is 9.73. The summed E-state index contributed by atoms with van der Waals surface area (Å²) in [5.74, 6) is -0.0659. The molecule has 0 radical (unpaired) electrons. The second-order valence-corrected chi connectivity index (χ2v) is 8.49. The van der Waals surface area contributed by atoms with Gasteiger partial charge in [-0.15, -0.1) is 0 Å². The van der Waals surface area contributed by atoms with E-state index in [1.165, 1.54) is 0 Å².